The first-order chi connectivity index (χ1) is 12.7. The zero-order valence-electron chi connectivity index (χ0n) is 15.2. The van der Waals surface area contributed by atoms with Crippen molar-refractivity contribution in [3.63, 3.8) is 0 Å². The van der Waals surface area contributed by atoms with Gasteiger partial charge in [-0.1, -0.05) is 42.7 Å². The van der Waals surface area contributed by atoms with Crippen LogP contribution in [0.5, 0.6) is 5.75 Å². The lowest BCUT2D eigenvalue weighted by Gasteiger charge is -2.29. The number of carbonyl (C=O) groups excluding carboxylic acids is 1. The summed E-state index contributed by atoms with van der Waals surface area (Å²) in [5.74, 6) is 3.13. The normalized spacial score (nSPS) is 19.0. The number of anilines is 1. The summed E-state index contributed by atoms with van der Waals surface area (Å²) in [5, 5.41) is 3.15. The van der Waals surface area contributed by atoms with E-state index in [9.17, 15) is 4.79 Å². The summed E-state index contributed by atoms with van der Waals surface area (Å²) in [7, 11) is 0. The zero-order valence-corrected chi connectivity index (χ0v) is 16.0. The molecule has 1 aliphatic carbocycles. The summed E-state index contributed by atoms with van der Waals surface area (Å²) in [6.45, 7) is 2.08. The number of aryl methyl sites for hydroxylation is 1. The smallest absolute Gasteiger partial charge is 0.235 e. The highest BCUT2D eigenvalue weighted by molar-refractivity contribution is 8.00. The van der Waals surface area contributed by atoms with Crippen molar-refractivity contribution in [3.05, 3.63) is 59.7 Å². The average molecular weight is 368 g/mol. The lowest BCUT2D eigenvalue weighted by Crippen LogP contribution is -2.38. The number of amides is 1. The van der Waals surface area contributed by atoms with Crippen molar-refractivity contribution in [3.8, 4) is 5.75 Å². The van der Waals surface area contributed by atoms with E-state index in [0.29, 0.717) is 6.10 Å². The van der Waals surface area contributed by atoms with Crippen LogP contribution >= 0.6 is 11.8 Å². The lowest BCUT2D eigenvalue weighted by molar-refractivity contribution is -0.121. The van der Waals surface area contributed by atoms with Gasteiger partial charge in [-0.2, -0.15) is 11.8 Å². The fraction of sp³-hybridized carbons (Fsp3) is 0.409. The van der Waals surface area contributed by atoms with Crippen molar-refractivity contribution in [1.29, 1.82) is 0 Å². The first kappa shape index (κ1) is 17.5. The quantitative estimate of drug-likeness (QED) is 0.813. The van der Waals surface area contributed by atoms with Gasteiger partial charge in [-0.3, -0.25) is 4.79 Å². The molecular weight excluding hydrogens is 342 g/mol. The standard InChI is InChI=1S/C22H25NO2S/c1-16-4-6-17(7-5-16)22(12-2-3-13-22)21(24)23-18-8-10-19(11-9-18)25-20-14-26-15-20/h4-11,20H,2-3,12-15H2,1H3,(H,23,24). The second-order valence-electron chi connectivity index (χ2n) is 7.41. The Bertz CT molecular complexity index is 760. The van der Waals surface area contributed by atoms with Crippen LogP contribution in [0, 0.1) is 6.92 Å². The van der Waals surface area contributed by atoms with Gasteiger partial charge in [0.15, 0.2) is 0 Å². The van der Waals surface area contributed by atoms with Crippen LogP contribution < -0.4 is 10.1 Å². The summed E-state index contributed by atoms with van der Waals surface area (Å²) in [5.41, 5.74) is 2.80. The second kappa shape index (κ2) is 7.36. The summed E-state index contributed by atoms with van der Waals surface area (Å²) >= 11 is 1.91. The molecule has 2 aromatic carbocycles. The molecule has 0 atom stereocenters. The number of hydrogen-bond donors (Lipinski definition) is 1. The first-order valence-electron chi connectivity index (χ1n) is 9.39. The third-order valence-electron chi connectivity index (χ3n) is 5.52. The molecule has 2 fully saturated rings. The van der Waals surface area contributed by atoms with Crippen LogP contribution in [0.4, 0.5) is 5.69 Å². The molecule has 0 bridgehead atoms. The molecule has 1 aliphatic heterocycles. The number of carbonyl (C=O) groups is 1. The highest BCUT2D eigenvalue weighted by atomic mass is 32.2. The Kier molecular flexibility index (Phi) is 4.94. The van der Waals surface area contributed by atoms with E-state index in [1.807, 2.05) is 36.0 Å². The topological polar surface area (TPSA) is 38.3 Å². The summed E-state index contributed by atoms with van der Waals surface area (Å²) in [4.78, 5) is 13.2. The van der Waals surface area contributed by atoms with E-state index in [0.717, 1.165) is 54.2 Å². The monoisotopic (exact) mass is 367 g/mol. The maximum atomic E-state index is 13.2. The molecule has 2 aliphatic rings. The molecule has 1 saturated heterocycles. The van der Waals surface area contributed by atoms with Crippen LogP contribution in [0.3, 0.4) is 0 Å². The second-order valence-corrected chi connectivity index (χ2v) is 8.49. The molecule has 1 saturated carbocycles. The Morgan fingerprint density at radius 3 is 2.27 bits per heavy atom. The van der Waals surface area contributed by atoms with Crippen molar-refractivity contribution in [2.75, 3.05) is 16.8 Å². The minimum Gasteiger partial charge on any atom is -0.489 e. The van der Waals surface area contributed by atoms with Gasteiger partial charge in [0.05, 0.1) is 5.41 Å². The lowest BCUT2D eigenvalue weighted by atomic mass is 9.77. The van der Waals surface area contributed by atoms with Gasteiger partial charge in [0.2, 0.25) is 5.91 Å². The maximum Gasteiger partial charge on any atom is 0.235 e. The fourth-order valence-electron chi connectivity index (χ4n) is 3.84. The summed E-state index contributed by atoms with van der Waals surface area (Å²) < 4.78 is 5.88. The highest BCUT2D eigenvalue weighted by Crippen LogP contribution is 2.42. The Balaban J connectivity index is 1.49. The Morgan fingerprint density at radius 2 is 1.69 bits per heavy atom. The largest absolute Gasteiger partial charge is 0.489 e. The van der Waals surface area contributed by atoms with Crippen molar-refractivity contribution >= 4 is 23.4 Å². The van der Waals surface area contributed by atoms with Gasteiger partial charge in [-0.15, -0.1) is 0 Å². The van der Waals surface area contributed by atoms with Crippen LogP contribution in [0.2, 0.25) is 0 Å². The van der Waals surface area contributed by atoms with Gasteiger partial charge in [0.25, 0.3) is 0 Å². The molecule has 0 unspecified atom stereocenters. The molecule has 1 heterocycles. The number of thioether (sulfide) groups is 1. The highest BCUT2D eigenvalue weighted by Gasteiger charge is 2.42. The van der Waals surface area contributed by atoms with Gasteiger partial charge in [-0.25, -0.2) is 0 Å². The van der Waals surface area contributed by atoms with Crippen LogP contribution in [-0.4, -0.2) is 23.5 Å². The maximum absolute atomic E-state index is 13.2. The molecular formula is C22H25NO2S. The van der Waals surface area contributed by atoms with E-state index in [2.05, 4.69) is 36.5 Å². The number of nitrogens with one attached hydrogen (secondary N) is 1. The number of ether oxygens (including phenoxy) is 1. The number of benzene rings is 2. The Hall–Kier alpha value is -1.94. The molecule has 0 aromatic heterocycles. The molecule has 3 nitrogen and oxygen atoms in total. The minimum atomic E-state index is -0.397. The molecule has 0 radical (unpaired) electrons. The van der Waals surface area contributed by atoms with Gasteiger partial charge in [0, 0.05) is 17.2 Å². The van der Waals surface area contributed by atoms with Crippen LogP contribution in [0.25, 0.3) is 0 Å². The molecule has 2 aromatic rings. The Morgan fingerprint density at radius 1 is 1.04 bits per heavy atom. The molecule has 26 heavy (non-hydrogen) atoms. The predicted octanol–water partition coefficient (Wildman–Crippen LogP) is 4.94. The van der Waals surface area contributed by atoms with Crippen LogP contribution in [0.15, 0.2) is 48.5 Å². The summed E-state index contributed by atoms with van der Waals surface area (Å²) in [6, 6.07) is 16.2. The number of rotatable bonds is 5. The molecule has 4 rings (SSSR count). The average Bonchev–Trinajstić information content (AvgIpc) is 3.11. The SMILES string of the molecule is Cc1ccc(C2(C(=O)Nc3ccc(OC4CSC4)cc3)CCCC2)cc1. The van der Waals surface area contributed by atoms with E-state index < -0.39 is 5.41 Å². The van der Waals surface area contributed by atoms with E-state index in [-0.39, 0.29) is 5.91 Å². The minimum absolute atomic E-state index is 0.114. The van der Waals surface area contributed by atoms with Crippen molar-refractivity contribution in [1.82, 2.24) is 0 Å². The Labute approximate surface area is 159 Å². The van der Waals surface area contributed by atoms with E-state index >= 15 is 0 Å². The van der Waals surface area contributed by atoms with Gasteiger partial charge >= 0.3 is 0 Å². The predicted molar refractivity (Wildman–Crippen MR) is 108 cm³/mol. The molecule has 0 spiro atoms. The van der Waals surface area contributed by atoms with Gasteiger partial charge in [0.1, 0.15) is 11.9 Å². The first-order valence-corrected chi connectivity index (χ1v) is 10.5. The van der Waals surface area contributed by atoms with E-state index in [1.165, 1.54) is 5.56 Å². The van der Waals surface area contributed by atoms with Crippen LogP contribution in [-0.2, 0) is 10.2 Å². The fourth-order valence-corrected chi connectivity index (χ4v) is 4.40. The summed E-state index contributed by atoms with van der Waals surface area (Å²) in [6.07, 6.45) is 4.38. The van der Waals surface area contributed by atoms with Crippen molar-refractivity contribution in [2.45, 2.75) is 44.1 Å². The molecule has 1 N–H and O–H groups in total. The molecule has 4 heteroatoms. The van der Waals surface area contributed by atoms with Gasteiger partial charge < -0.3 is 10.1 Å². The molecule has 1 amide bonds. The van der Waals surface area contributed by atoms with Crippen molar-refractivity contribution in [2.24, 2.45) is 0 Å². The van der Waals surface area contributed by atoms with Crippen molar-refractivity contribution < 1.29 is 9.53 Å². The third kappa shape index (κ3) is 3.48. The zero-order chi connectivity index (χ0) is 18.0. The molecule has 136 valence electrons. The van der Waals surface area contributed by atoms with E-state index in [1.54, 1.807) is 0 Å². The number of hydrogen-bond acceptors (Lipinski definition) is 3. The van der Waals surface area contributed by atoms with Crippen LogP contribution in [0.1, 0.15) is 36.8 Å². The van der Waals surface area contributed by atoms with E-state index in [4.69, 9.17) is 4.74 Å². The third-order valence-corrected chi connectivity index (χ3v) is 6.73. The van der Waals surface area contributed by atoms with Gasteiger partial charge in [-0.05, 0) is 49.6 Å².